The molecule has 0 saturated carbocycles. The molecule has 124 valence electrons. The third-order valence-electron chi connectivity index (χ3n) is 5.15. The van der Waals surface area contributed by atoms with Crippen molar-refractivity contribution in [2.24, 2.45) is 5.41 Å². The average Bonchev–Trinajstić information content (AvgIpc) is 2.68. The Morgan fingerprint density at radius 1 is 1.36 bits per heavy atom. The van der Waals surface area contributed by atoms with Gasteiger partial charge in [-0.05, 0) is 32.1 Å². The van der Waals surface area contributed by atoms with Crippen molar-refractivity contribution < 1.29 is 19.1 Å². The van der Waals surface area contributed by atoms with Crippen molar-refractivity contribution in [1.82, 2.24) is 9.80 Å². The van der Waals surface area contributed by atoms with Gasteiger partial charge in [0.2, 0.25) is 5.91 Å². The third-order valence-corrected chi connectivity index (χ3v) is 5.15. The van der Waals surface area contributed by atoms with Crippen LogP contribution in [0, 0.1) is 5.41 Å². The van der Waals surface area contributed by atoms with Crippen LogP contribution in [0.4, 0.5) is 0 Å². The molecule has 0 bridgehead atoms. The van der Waals surface area contributed by atoms with E-state index in [1.54, 1.807) is 12.0 Å². The van der Waals surface area contributed by atoms with E-state index in [1.807, 2.05) is 4.90 Å². The molecule has 6 nitrogen and oxygen atoms in total. The van der Waals surface area contributed by atoms with E-state index < -0.39 is 0 Å². The Kier molecular flexibility index (Phi) is 4.68. The van der Waals surface area contributed by atoms with Crippen molar-refractivity contribution in [1.29, 1.82) is 0 Å². The van der Waals surface area contributed by atoms with Crippen LogP contribution in [0.25, 0.3) is 0 Å². The first kappa shape index (κ1) is 15.7. The lowest BCUT2D eigenvalue weighted by Crippen LogP contribution is -2.63. The van der Waals surface area contributed by atoms with E-state index in [-0.39, 0.29) is 29.9 Å². The minimum Gasteiger partial charge on any atom is -0.381 e. The molecule has 0 radical (unpaired) electrons. The van der Waals surface area contributed by atoms with E-state index in [4.69, 9.17) is 9.47 Å². The van der Waals surface area contributed by atoms with Crippen LogP contribution in [0.3, 0.4) is 0 Å². The number of rotatable bonds is 3. The number of carbonyl (C=O) groups excluding carboxylic acids is 2. The van der Waals surface area contributed by atoms with E-state index in [0.717, 1.165) is 58.4 Å². The van der Waals surface area contributed by atoms with Gasteiger partial charge in [0.1, 0.15) is 6.10 Å². The molecule has 0 aromatic carbocycles. The molecule has 3 aliphatic rings. The lowest BCUT2D eigenvalue weighted by atomic mass is 9.75. The summed E-state index contributed by atoms with van der Waals surface area (Å²) in [4.78, 5) is 28.3. The Hall–Kier alpha value is -1.14. The van der Waals surface area contributed by atoms with Gasteiger partial charge >= 0.3 is 0 Å². The molecule has 3 saturated heterocycles. The summed E-state index contributed by atoms with van der Waals surface area (Å²) in [6.45, 7) is 4.02. The van der Waals surface area contributed by atoms with Gasteiger partial charge in [0.15, 0.2) is 0 Å². The van der Waals surface area contributed by atoms with Crippen molar-refractivity contribution in [3.63, 3.8) is 0 Å². The molecule has 1 spiro atoms. The van der Waals surface area contributed by atoms with Gasteiger partial charge in [-0.25, -0.2) is 0 Å². The van der Waals surface area contributed by atoms with Crippen LogP contribution < -0.4 is 0 Å². The van der Waals surface area contributed by atoms with Crippen LogP contribution in [0.15, 0.2) is 0 Å². The molecular formula is C16H26N2O4. The molecule has 22 heavy (non-hydrogen) atoms. The maximum absolute atomic E-state index is 12.4. The molecule has 0 aromatic rings. The molecule has 0 aromatic heterocycles. The molecule has 2 amide bonds. The minimum atomic E-state index is -0.384. The van der Waals surface area contributed by atoms with Gasteiger partial charge in [-0.15, -0.1) is 0 Å². The maximum Gasteiger partial charge on any atom is 0.252 e. The van der Waals surface area contributed by atoms with Gasteiger partial charge in [0, 0.05) is 38.8 Å². The number of methoxy groups -OCH3 is 1. The number of hydrogen-bond donors (Lipinski definition) is 0. The number of nitrogens with zero attached hydrogens (tertiary/aromatic N) is 2. The van der Waals surface area contributed by atoms with Crippen LogP contribution >= 0.6 is 0 Å². The number of hydrogen-bond acceptors (Lipinski definition) is 4. The Morgan fingerprint density at radius 3 is 2.86 bits per heavy atom. The highest BCUT2D eigenvalue weighted by Crippen LogP contribution is 2.38. The topological polar surface area (TPSA) is 59.1 Å². The highest BCUT2D eigenvalue weighted by molar-refractivity contribution is 5.87. The molecule has 6 heteroatoms. The van der Waals surface area contributed by atoms with E-state index in [1.165, 1.54) is 0 Å². The number of ether oxygens (including phenoxy) is 2. The first-order valence-corrected chi connectivity index (χ1v) is 8.31. The lowest BCUT2D eigenvalue weighted by molar-refractivity contribution is -0.158. The van der Waals surface area contributed by atoms with Gasteiger partial charge in [-0.2, -0.15) is 0 Å². The van der Waals surface area contributed by atoms with Crippen molar-refractivity contribution in [2.75, 3.05) is 46.5 Å². The summed E-state index contributed by atoms with van der Waals surface area (Å²) in [7, 11) is 1.57. The zero-order chi connectivity index (χ0) is 15.6. The standard InChI is InChI=1S/C16H26N2O4/c1-21-13-5-2-3-7-17(15(13)20)9-14(19)18-10-16(11-18)6-4-8-22-12-16/h13H,2-12H2,1H3. The predicted molar refractivity (Wildman–Crippen MR) is 80.3 cm³/mol. The summed E-state index contributed by atoms with van der Waals surface area (Å²) in [6.07, 6.45) is 4.51. The monoisotopic (exact) mass is 310 g/mol. The van der Waals surface area contributed by atoms with Crippen molar-refractivity contribution in [2.45, 2.75) is 38.2 Å². The third kappa shape index (κ3) is 3.13. The van der Waals surface area contributed by atoms with Gasteiger partial charge < -0.3 is 19.3 Å². The van der Waals surface area contributed by atoms with Crippen LogP contribution in [-0.4, -0.2) is 74.2 Å². The van der Waals surface area contributed by atoms with Crippen molar-refractivity contribution in [3.8, 4) is 0 Å². The Bertz CT molecular complexity index is 426. The SMILES string of the molecule is COC1CCCCN(CC(=O)N2CC3(CCCOC3)C2)C1=O. The normalized spacial score (nSPS) is 28.4. The quantitative estimate of drug-likeness (QED) is 0.768. The molecule has 3 rings (SSSR count). The second-order valence-electron chi connectivity index (χ2n) is 6.89. The summed E-state index contributed by atoms with van der Waals surface area (Å²) in [5.74, 6) is 0.0193. The molecule has 0 N–H and O–H groups in total. The Labute approximate surface area is 131 Å². The average molecular weight is 310 g/mol. The van der Waals surface area contributed by atoms with Crippen LogP contribution in [0.1, 0.15) is 32.1 Å². The van der Waals surface area contributed by atoms with E-state index in [2.05, 4.69) is 0 Å². The summed E-state index contributed by atoms with van der Waals surface area (Å²) < 4.78 is 10.8. The fourth-order valence-corrected chi connectivity index (χ4v) is 3.81. The van der Waals surface area contributed by atoms with E-state index >= 15 is 0 Å². The van der Waals surface area contributed by atoms with Gasteiger partial charge in [0.25, 0.3) is 5.91 Å². The molecule has 3 aliphatic heterocycles. The summed E-state index contributed by atoms with van der Waals surface area (Å²) >= 11 is 0. The van der Waals surface area contributed by atoms with Crippen molar-refractivity contribution >= 4 is 11.8 Å². The zero-order valence-electron chi connectivity index (χ0n) is 13.4. The number of amides is 2. The molecule has 3 fully saturated rings. The summed E-state index contributed by atoms with van der Waals surface area (Å²) in [5.41, 5.74) is 0.186. The van der Waals surface area contributed by atoms with Gasteiger partial charge in [-0.3, -0.25) is 9.59 Å². The lowest BCUT2D eigenvalue weighted by Gasteiger charge is -2.52. The zero-order valence-corrected chi connectivity index (χ0v) is 13.4. The van der Waals surface area contributed by atoms with E-state index in [9.17, 15) is 9.59 Å². The maximum atomic E-state index is 12.4. The molecule has 3 heterocycles. The first-order chi connectivity index (χ1) is 10.6. The molecule has 1 unspecified atom stereocenters. The Morgan fingerprint density at radius 2 is 2.18 bits per heavy atom. The molecule has 1 atom stereocenters. The highest BCUT2D eigenvalue weighted by atomic mass is 16.5. The fourth-order valence-electron chi connectivity index (χ4n) is 3.81. The number of likely N-dealkylation sites (tertiary alicyclic amines) is 2. The van der Waals surface area contributed by atoms with Crippen LogP contribution in [0.2, 0.25) is 0 Å². The minimum absolute atomic E-state index is 0.0374. The van der Waals surface area contributed by atoms with Gasteiger partial charge in [0.05, 0.1) is 13.2 Å². The van der Waals surface area contributed by atoms with E-state index in [0.29, 0.717) is 6.54 Å². The number of carbonyl (C=O) groups is 2. The smallest absolute Gasteiger partial charge is 0.252 e. The van der Waals surface area contributed by atoms with Crippen LogP contribution in [-0.2, 0) is 19.1 Å². The molecule has 0 aliphatic carbocycles. The van der Waals surface area contributed by atoms with Gasteiger partial charge in [-0.1, -0.05) is 0 Å². The predicted octanol–water partition coefficient (Wildman–Crippen LogP) is 0.653. The first-order valence-electron chi connectivity index (χ1n) is 8.31. The Balaban J connectivity index is 1.52. The largest absolute Gasteiger partial charge is 0.381 e. The summed E-state index contributed by atoms with van der Waals surface area (Å²) in [6, 6.07) is 0. The fraction of sp³-hybridized carbons (Fsp3) is 0.875. The summed E-state index contributed by atoms with van der Waals surface area (Å²) in [5, 5.41) is 0. The second-order valence-corrected chi connectivity index (χ2v) is 6.89. The molecular weight excluding hydrogens is 284 g/mol. The highest BCUT2D eigenvalue weighted by Gasteiger charge is 2.46. The second kappa shape index (κ2) is 6.54. The van der Waals surface area contributed by atoms with Crippen LogP contribution in [0.5, 0.6) is 0 Å². The van der Waals surface area contributed by atoms with Crippen molar-refractivity contribution in [3.05, 3.63) is 0 Å².